The summed E-state index contributed by atoms with van der Waals surface area (Å²) in [7, 11) is 1.63. The average molecular weight is 265 g/mol. The van der Waals surface area contributed by atoms with Crippen LogP contribution in [0.1, 0.15) is 15.9 Å². The van der Waals surface area contributed by atoms with E-state index >= 15 is 0 Å². The highest BCUT2D eigenvalue weighted by Gasteiger charge is 2.16. The number of methoxy groups -OCH3 is 1. The van der Waals surface area contributed by atoms with Gasteiger partial charge in [-0.1, -0.05) is 30.3 Å². The molecule has 0 spiro atoms. The van der Waals surface area contributed by atoms with E-state index in [-0.39, 0.29) is 0 Å². The van der Waals surface area contributed by atoms with Crippen LogP contribution in [0.2, 0.25) is 0 Å². The van der Waals surface area contributed by atoms with Crippen LogP contribution < -0.4 is 4.74 Å². The molecule has 0 unspecified atom stereocenters. The van der Waals surface area contributed by atoms with Crippen molar-refractivity contribution in [2.75, 3.05) is 7.11 Å². The van der Waals surface area contributed by atoms with E-state index in [0.717, 1.165) is 39.8 Å². The number of rotatable bonds is 3. The van der Waals surface area contributed by atoms with E-state index in [1.165, 1.54) is 0 Å². The summed E-state index contributed by atoms with van der Waals surface area (Å²) in [6.45, 7) is 2.03. The third-order valence-corrected chi connectivity index (χ3v) is 3.58. The molecule has 0 aliphatic heterocycles. The van der Waals surface area contributed by atoms with Crippen LogP contribution in [-0.4, -0.2) is 18.4 Å². The molecule has 1 heterocycles. The number of benzene rings is 2. The first-order valence-electron chi connectivity index (χ1n) is 6.46. The Labute approximate surface area is 117 Å². The number of ether oxygens (including phenoxy) is 1. The molecule has 0 bridgehead atoms. The summed E-state index contributed by atoms with van der Waals surface area (Å²) in [5.74, 6) is 0.750. The van der Waals surface area contributed by atoms with Gasteiger partial charge in [0.25, 0.3) is 0 Å². The summed E-state index contributed by atoms with van der Waals surface area (Å²) in [6, 6.07) is 13.6. The SMILES string of the molecule is COc1ccccc1-c1[nH]c2c(C)cccc2c1C=O. The number of aromatic nitrogens is 1. The molecule has 20 heavy (non-hydrogen) atoms. The number of H-pyrrole nitrogens is 1. The minimum absolute atomic E-state index is 0.674. The van der Waals surface area contributed by atoms with Crippen molar-refractivity contribution >= 4 is 17.2 Å². The molecule has 0 saturated carbocycles. The van der Waals surface area contributed by atoms with Crippen molar-refractivity contribution in [2.24, 2.45) is 0 Å². The number of carbonyl (C=O) groups excluding carboxylic acids is 1. The molecule has 3 rings (SSSR count). The zero-order chi connectivity index (χ0) is 14.1. The summed E-state index contributed by atoms with van der Waals surface area (Å²) in [5.41, 5.74) is 4.49. The van der Waals surface area contributed by atoms with Gasteiger partial charge in [0.2, 0.25) is 0 Å². The van der Waals surface area contributed by atoms with Gasteiger partial charge in [-0.25, -0.2) is 0 Å². The number of aromatic amines is 1. The highest BCUT2D eigenvalue weighted by Crippen LogP contribution is 2.35. The van der Waals surface area contributed by atoms with Gasteiger partial charge in [0.05, 0.1) is 12.8 Å². The van der Waals surface area contributed by atoms with Gasteiger partial charge in [-0.2, -0.15) is 0 Å². The summed E-state index contributed by atoms with van der Waals surface area (Å²) in [5, 5.41) is 0.945. The van der Waals surface area contributed by atoms with Crippen LogP contribution in [0.4, 0.5) is 0 Å². The predicted molar refractivity (Wildman–Crippen MR) is 80.4 cm³/mol. The fourth-order valence-corrected chi connectivity index (χ4v) is 2.57. The Morgan fingerprint density at radius 2 is 1.90 bits per heavy atom. The number of hydrogen-bond donors (Lipinski definition) is 1. The Bertz CT molecular complexity index is 787. The summed E-state index contributed by atoms with van der Waals surface area (Å²) in [6.07, 6.45) is 0.903. The van der Waals surface area contributed by atoms with Gasteiger partial charge in [-0.15, -0.1) is 0 Å². The van der Waals surface area contributed by atoms with E-state index < -0.39 is 0 Å². The second-order valence-corrected chi connectivity index (χ2v) is 4.73. The van der Waals surface area contributed by atoms with Gasteiger partial charge in [0.15, 0.2) is 6.29 Å². The lowest BCUT2D eigenvalue weighted by Gasteiger charge is -2.07. The van der Waals surface area contributed by atoms with Crippen LogP contribution in [0.15, 0.2) is 42.5 Å². The first-order chi connectivity index (χ1) is 9.76. The minimum Gasteiger partial charge on any atom is -0.496 e. The fraction of sp³-hybridized carbons (Fsp3) is 0.118. The summed E-state index contributed by atoms with van der Waals surface area (Å²) in [4.78, 5) is 14.9. The second-order valence-electron chi connectivity index (χ2n) is 4.73. The summed E-state index contributed by atoms with van der Waals surface area (Å²) < 4.78 is 5.39. The summed E-state index contributed by atoms with van der Waals surface area (Å²) >= 11 is 0. The number of fused-ring (bicyclic) bond motifs is 1. The monoisotopic (exact) mass is 265 g/mol. The first-order valence-corrected chi connectivity index (χ1v) is 6.46. The lowest BCUT2D eigenvalue weighted by Crippen LogP contribution is -1.90. The zero-order valence-electron chi connectivity index (χ0n) is 11.4. The minimum atomic E-state index is 0.674. The molecule has 3 aromatic rings. The number of aldehydes is 1. The van der Waals surface area contributed by atoms with E-state index in [2.05, 4.69) is 4.98 Å². The van der Waals surface area contributed by atoms with Crippen molar-refractivity contribution in [3.63, 3.8) is 0 Å². The lowest BCUT2D eigenvalue weighted by molar-refractivity contribution is 0.112. The fourth-order valence-electron chi connectivity index (χ4n) is 2.57. The molecule has 0 aliphatic carbocycles. The Balaban J connectivity index is 2.36. The molecule has 3 heteroatoms. The van der Waals surface area contributed by atoms with Gasteiger partial charge in [-0.3, -0.25) is 4.79 Å². The van der Waals surface area contributed by atoms with Crippen molar-refractivity contribution in [3.05, 3.63) is 53.6 Å². The molecule has 0 radical (unpaired) electrons. The Kier molecular flexibility index (Phi) is 3.03. The van der Waals surface area contributed by atoms with Gasteiger partial charge in [0, 0.05) is 22.0 Å². The normalized spacial score (nSPS) is 10.7. The average Bonchev–Trinajstić information content (AvgIpc) is 2.87. The molecule has 2 aromatic carbocycles. The van der Waals surface area contributed by atoms with Crippen LogP contribution in [-0.2, 0) is 0 Å². The molecule has 100 valence electrons. The van der Waals surface area contributed by atoms with E-state index in [4.69, 9.17) is 4.74 Å². The zero-order valence-corrected chi connectivity index (χ0v) is 11.4. The number of hydrogen-bond acceptors (Lipinski definition) is 2. The van der Waals surface area contributed by atoms with Crippen molar-refractivity contribution < 1.29 is 9.53 Å². The molecule has 0 saturated heterocycles. The highest BCUT2D eigenvalue weighted by atomic mass is 16.5. The number of para-hydroxylation sites is 2. The number of carbonyl (C=O) groups is 1. The van der Waals surface area contributed by atoms with Crippen molar-refractivity contribution in [1.29, 1.82) is 0 Å². The maximum absolute atomic E-state index is 11.5. The molecular formula is C17H15NO2. The third kappa shape index (κ3) is 1.79. The van der Waals surface area contributed by atoms with Crippen molar-refractivity contribution in [2.45, 2.75) is 6.92 Å². The molecular weight excluding hydrogens is 250 g/mol. The van der Waals surface area contributed by atoms with Gasteiger partial charge in [-0.05, 0) is 24.6 Å². The number of nitrogens with one attached hydrogen (secondary N) is 1. The third-order valence-electron chi connectivity index (χ3n) is 3.58. The Morgan fingerprint density at radius 3 is 2.65 bits per heavy atom. The van der Waals surface area contributed by atoms with Crippen LogP contribution in [0, 0.1) is 6.92 Å². The largest absolute Gasteiger partial charge is 0.496 e. The lowest BCUT2D eigenvalue weighted by atomic mass is 10.0. The van der Waals surface area contributed by atoms with E-state index in [1.807, 2.05) is 49.4 Å². The van der Waals surface area contributed by atoms with Crippen LogP contribution in [0.25, 0.3) is 22.2 Å². The van der Waals surface area contributed by atoms with E-state index in [1.54, 1.807) is 7.11 Å². The van der Waals surface area contributed by atoms with Crippen LogP contribution >= 0.6 is 0 Å². The standard InChI is InChI=1S/C17H15NO2/c1-11-6-5-8-12-14(10-19)17(18-16(11)12)13-7-3-4-9-15(13)20-2/h3-10,18H,1-2H3. The van der Waals surface area contributed by atoms with Crippen LogP contribution in [0.5, 0.6) is 5.75 Å². The quantitative estimate of drug-likeness (QED) is 0.728. The van der Waals surface area contributed by atoms with Crippen LogP contribution in [0.3, 0.4) is 0 Å². The predicted octanol–water partition coefficient (Wildman–Crippen LogP) is 3.96. The maximum Gasteiger partial charge on any atom is 0.152 e. The molecule has 0 atom stereocenters. The highest BCUT2D eigenvalue weighted by molar-refractivity contribution is 6.05. The smallest absolute Gasteiger partial charge is 0.152 e. The topological polar surface area (TPSA) is 42.1 Å². The Hall–Kier alpha value is -2.55. The number of aryl methyl sites for hydroxylation is 1. The second kappa shape index (κ2) is 4.85. The van der Waals surface area contributed by atoms with Gasteiger partial charge >= 0.3 is 0 Å². The van der Waals surface area contributed by atoms with E-state index in [9.17, 15) is 4.79 Å². The van der Waals surface area contributed by atoms with E-state index in [0.29, 0.717) is 5.56 Å². The molecule has 0 aliphatic rings. The van der Waals surface area contributed by atoms with Gasteiger partial charge in [0.1, 0.15) is 5.75 Å². The van der Waals surface area contributed by atoms with Crippen molar-refractivity contribution in [3.8, 4) is 17.0 Å². The first kappa shape index (κ1) is 12.5. The van der Waals surface area contributed by atoms with Gasteiger partial charge < -0.3 is 9.72 Å². The molecule has 1 aromatic heterocycles. The molecule has 0 amide bonds. The molecule has 3 nitrogen and oxygen atoms in total. The Morgan fingerprint density at radius 1 is 1.10 bits per heavy atom. The maximum atomic E-state index is 11.5. The van der Waals surface area contributed by atoms with Crippen molar-refractivity contribution in [1.82, 2.24) is 4.98 Å². The molecule has 0 fully saturated rings. The molecule has 1 N–H and O–H groups in total.